The monoisotopic (exact) mass is 178 g/mol. The van der Waals surface area contributed by atoms with Crippen LogP contribution in [0.4, 0.5) is 0 Å². The minimum absolute atomic E-state index is 0.338. The van der Waals surface area contributed by atoms with Gasteiger partial charge in [-0.2, -0.15) is 0 Å². The van der Waals surface area contributed by atoms with E-state index in [2.05, 4.69) is 11.8 Å². The van der Waals surface area contributed by atoms with Crippen molar-refractivity contribution in [2.45, 2.75) is 31.6 Å². The number of alkyl halides is 2. The fourth-order valence-electron chi connectivity index (χ4n) is 0.619. The SMILES string of the molecule is CCC(Cl)(C#CCCl)CC. The molecule has 0 aliphatic carbocycles. The molecule has 0 nitrogen and oxygen atoms in total. The van der Waals surface area contributed by atoms with Crippen LogP contribution in [0.3, 0.4) is 0 Å². The molecule has 0 heterocycles. The summed E-state index contributed by atoms with van der Waals surface area (Å²) in [5, 5.41) is 0. The second-order valence-electron chi connectivity index (χ2n) is 2.11. The Hall–Kier alpha value is 0.140. The van der Waals surface area contributed by atoms with Crippen LogP contribution >= 0.6 is 23.2 Å². The van der Waals surface area contributed by atoms with Crippen LogP contribution in [0, 0.1) is 11.8 Å². The van der Waals surface area contributed by atoms with E-state index in [0.29, 0.717) is 5.88 Å². The van der Waals surface area contributed by atoms with Gasteiger partial charge in [-0.15, -0.1) is 23.2 Å². The summed E-state index contributed by atoms with van der Waals surface area (Å²) >= 11 is 11.4. The van der Waals surface area contributed by atoms with Gasteiger partial charge in [0, 0.05) is 0 Å². The van der Waals surface area contributed by atoms with E-state index in [9.17, 15) is 0 Å². The van der Waals surface area contributed by atoms with Gasteiger partial charge in [0.1, 0.15) is 4.87 Å². The molecule has 0 atom stereocenters. The molecule has 0 radical (unpaired) electrons. The Kier molecular flexibility index (Phi) is 4.95. The minimum Gasteiger partial charge on any atom is -0.113 e. The van der Waals surface area contributed by atoms with Gasteiger partial charge in [-0.3, -0.25) is 0 Å². The third-order valence-corrected chi connectivity index (χ3v) is 2.26. The third kappa shape index (κ3) is 3.34. The maximum absolute atomic E-state index is 6.05. The molecule has 0 aliphatic heterocycles. The minimum atomic E-state index is -0.338. The predicted octanol–water partition coefficient (Wildman–Crippen LogP) is 3.03. The van der Waals surface area contributed by atoms with E-state index >= 15 is 0 Å². The molecule has 2 heteroatoms. The van der Waals surface area contributed by atoms with Crippen molar-refractivity contribution in [1.82, 2.24) is 0 Å². The molecular formula is C8H12Cl2. The quantitative estimate of drug-likeness (QED) is 0.451. The summed E-state index contributed by atoms with van der Waals surface area (Å²) in [5.41, 5.74) is 0. The highest BCUT2D eigenvalue weighted by Gasteiger charge is 2.18. The molecule has 10 heavy (non-hydrogen) atoms. The molecule has 0 amide bonds. The molecule has 58 valence electrons. The largest absolute Gasteiger partial charge is 0.113 e. The average molecular weight is 179 g/mol. The highest BCUT2D eigenvalue weighted by atomic mass is 35.5. The molecule has 0 rings (SSSR count). The van der Waals surface area contributed by atoms with E-state index in [1.807, 2.05) is 13.8 Å². The van der Waals surface area contributed by atoms with Crippen LogP contribution in [0.5, 0.6) is 0 Å². The topological polar surface area (TPSA) is 0 Å². The zero-order chi connectivity index (χ0) is 8.04. The van der Waals surface area contributed by atoms with Crippen molar-refractivity contribution in [3.05, 3.63) is 0 Å². The Morgan fingerprint density at radius 3 is 2.10 bits per heavy atom. The molecule has 0 unspecified atom stereocenters. The van der Waals surface area contributed by atoms with Crippen LogP contribution in [0.1, 0.15) is 26.7 Å². The van der Waals surface area contributed by atoms with Crippen molar-refractivity contribution in [3.63, 3.8) is 0 Å². The van der Waals surface area contributed by atoms with Gasteiger partial charge in [0.05, 0.1) is 5.88 Å². The van der Waals surface area contributed by atoms with Crippen LogP contribution in [0.15, 0.2) is 0 Å². The summed E-state index contributed by atoms with van der Waals surface area (Å²) in [6.45, 7) is 4.05. The summed E-state index contributed by atoms with van der Waals surface area (Å²) in [7, 11) is 0. The zero-order valence-electron chi connectivity index (χ0n) is 6.38. The number of hydrogen-bond acceptors (Lipinski definition) is 0. The Bertz CT molecular complexity index is 137. The lowest BCUT2D eigenvalue weighted by Crippen LogP contribution is -2.15. The average Bonchev–Trinajstić information content (AvgIpc) is 2.00. The molecule has 0 spiro atoms. The standard InChI is InChI=1S/C8H12Cl2/c1-3-8(10,4-2)6-5-7-9/h3-4,7H2,1-2H3. The first kappa shape index (κ1) is 10.1. The summed E-state index contributed by atoms with van der Waals surface area (Å²) in [5.74, 6) is 6.07. The molecule has 0 fully saturated rings. The Balaban J connectivity index is 4.05. The molecular weight excluding hydrogens is 167 g/mol. The van der Waals surface area contributed by atoms with Gasteiger partial charge in [-0.25, -0.2) is 0 Å². The Morgan fingerprint density at radius 1 is 1.30 bits per heavy atom. The van der Waals surface area contributed by atoms with Gasteiger partial charge in [0.15, 0.2) is 0 Å². The lowest BCUT2D eigenvalue weighted by Gasteiger charge is -2.15. The van der Waals surface area contributed by atoms with Crippen molar-refractivity contribution >= 4 is 23.2 Å². The summed E-state index contributed by atoms with van der Waals surface area (Å²) in [6, 6.07) is 0. The van der Waals surface area contributed by atoms with Gasteiger partial charge in [-0.05, 0) is 12.8 Å². The van der Waals surface area contributed by atoms with Crippen molar-refractivity contribution in [3.8, 4) is 11.8 Å². The van der Waals surface area contributed by atoms with Crippen LogP contribution in [-0.2, 0) is 0 Å². The van der Waals surface area contributed by atoms with Gasteiger partial charge < -0.3 is 0 Å². The maximum atomic E-state index is 6.05. The molecule has 0 N–H and O–H groups in total. The third-order valence-electron chi connectivity index (χ3n) is 1.50. The van der Waals surface area contributed by atoms with E-state index < -0.39 is 0 Å². The molecule has 0 aromatic rings. The number of hydrogen-bond donors (Lipinski definition) is 0. The van der Waals surface area contributed by atoms with Gasteiger partial charge in [0.2, 0.25) is 0 Å². The fraction of sp³-hybridized carbons (Fsp3) is 0.750. The first-order valence-electron chi connectivity index (χ1n) is 3.43. The van der Waals surface area contributed by atoms with Crippen molar-refractivity contribution in [2.24, 2.45) is 0 Å². The Morgan fingerprint density at radius 2 is 1.80 bits per heavy atom. The molecule has 0 aromatic heterocycles. The molecule has 0 saturated carbocycles. The van der Waals surface area contributed by atoms with Crippen LogP contribution in [0.25, 0.3) is 0 Å². The lowest BCUT2D eigenvalue weighted by atomic mass is 10.0. The van der Waals surface area contributed by atoms with Crippen LogP contribution in [-0.4, -0.2) is 10.8 Å². The molecule has 0 saturated heterocycles. The number of rotatable bonds is 2. The highest BCUT2D eigenvalue weighted by molar-refractivity contribution is 6.26. The van der Waals surface area contributed by atoms with Crippen LogP contribution < -0.4 is 0 Å². The lowest BCUT2D eigenvalue weighted by molar-refractivity contribution is 0.668. The molecule has 0 aromatic carbocycles. The Labute approximate surface area is 72.9 Å². The maximum Gasteiger partial charge on any atom is 0.104 e. The van der Waals surface area contributed by atoms with E-state index in [4.69, 9.17) is 23.2 Å². The van der Waals surface area contributed by atoms with E-state index in [1.165, 1.54) is 0 Å². The van der Waals surface area contributed by atoms with Gasteiger partial charge in [0.25, 0.3) is 0 Å². The van der Waals surface area contributed by atoms with Crippen molar-refractivity contribution < 1.29 is 0 Å². The smallest absolute Gasteiger partial charge is 0.104 e. The van der Waals surface area contributed by atoms with E-state index in [-0.39, 0.29) is 4.87 Å². The fourth-order valence-corrected chi connectivity index (χ4v) is 0.752. The molecule has 0 aliphatic rings. The number of halogens is 2. The summed E-state index contributed by atoms with van der Waals surface area (Å²) < 4.78 is 0. The van der Waals surface area contributed by atoms with E-state index in [0.717, 1.165) is 12.8 Å². The van der Waals surface area contributed by atoms with Crippen molar-refractivity contribution in [1.29, 1.82) is 0 Å². The predicted molar refractivity (Wildman–Crippen MR) is 47.7 cm³/mol. The van der Waals surface area contributed by atoms with Gasteiger partial charge in [-0.1, -0.05) is 25.7 Å². The highest BCUT2D eigenvalue weighted by Crippen LogP contribution is 2.22. The summed E-state index contributed by atoms with van der Waals surface area (Å²) in [6.07, 6.45) is 1.74. The zero-order valence-corrected chi connectivity index (χ0v) is 7.89. The second-order valence-corrected chi connectivity index (χ2v) is 3.10. The first-order valence-corrected chi connectivity index (χ1v) is 4.34. The summed E-state index contributed by atoms with van der Waals surface area (Å²) in [4.78, 5) is -0.338. The normalized spacial score (nSPS) is 10.4. The van der Waals surface area contributed by atoms with E-state index in [1.54, 1.807) is 0 Å². The first-order chi connectivity index (χ1) is 4.68. The molecule has 0 bridgehead atoms. The van der Waals surface area contributed by atoms with Crippen molar-refractivity contribution in [2.75, 3.05) is 5.88 Å². The second kappa shape index (κ2) is 4.88. The van der Waals surface area contributed by atoms with Crippen LogP contribution in [0.2, 0.25) is 0 Å². The van der Waals surface area contributed by atoms with Gasteiger partial charge >= 0.3 is 0 Å².